The van der Waals surface area contributed by atoms with Crippen LogP contribution in [-0.2, 0) is 4.74 Å². The number of carbonyl (C=O) groups is 1. The Bertz CT molecular complexity index is 309. The van der Waals surface area contributed by atoms with Crippen molar-refractivity contribution in [1.29, 1.82) is 0 Å². The van der Waals surface area contributed by atoms with Crippen molar-refractivity contribution in [3.05, 3.63) is 0 Å². The summed E-state index contributed by atoms with van der Waals surface area (Å²) in [5.41, 5.74) is 0.0247. The number of amides is 2. The van der Waals surface area contributed by atoms with E-state index in [2.05, 4.69) is 10.6 Å². The molecule has 2 N–H and O–H groups in total. The Labute approximate surface area is 105 Å². The van der Waals surface area contributed by atoms with Crippen molar-refractivity contribution in [3.63, 3.8) is 0 Å². The molecule has 1 saturated heterocycles. The SMILES string of the molecule is CC1(CNC(=O)NC2CCC(F)(F)CC2)COC1. The number of ether oxygens (including phenoxy) is 1. The third-order valence-corrected chi connectivity index (χ3v) is 3.63. The average molecular weight is 262 g/mol. The zero-order valence-electron chi connectivity index (χ0n) is 10.6. The number of hydrogen-bond donors (Lipinski definition) is 2. The van der Waals surface area contributed by atoms with Crippen LogP contribution in [0, 0.1) is 5.41 Å². The lowest BCUT2D eigenvalue weighted by Crippen LogP contribution is -2.52. The summed E-state index contributed by atoms with van der Waals surface area (Å²) in [6.45, 7) is 3.91. The largest absolute Gasteiger partial charge is 0.380 e. The molecule has 0 aromatic rings. The minimum atomic E-state index is -2.55. The maximum Gasteiger partial charge on any atom is 0.315 e. The number of halogens is 2. The van der Waals surface area contributed by atoms with Crippen LogP contribution >= 0.6 is 0 Å². The molecule has 104 valence electrons. The highest BCUT2D eigenvalue weighted by Gasteiger charge is 2.36. The molecule has 0 aromatic heterocycles. The second-order valence-corrected chi connectivity index (χ2v) is 5.76. The van der Waals surface area contributed by atoms with Gasteiger partial charge >= 0.3 is 6.03 Å². The van der Waals surface area contributed by atoms with Gasteiger partial charge in [0.05, 0.1) is 13.2 Å². The molecule has 1 saturated carbocycles. The quantitative estimate of drug-likeness (QED) is 0.816. The highest BCUT2D eigenvalue weighted by atomic mass is 19.3. The first-order valence-electron chi connectivity index (χ1n) is 6.39. The third-order valence-electron chi connectivity index (χ3n) is 3.63. The van der Waals surface area contributed by atoms with E-state index in [1.165, 1.54) is 0 Å². The van der Waals surface area contributed by atoms with Gasteiger partial charge in [0.15, 0.2) is 0 Å². The van der Waals surface area contributed by atoms with Gasteiger partial charge in [-0.1, -0.05) is 6.92 Å². The maximum atomic E-state index is 12.9. The predicted octanol–water partition coefficient (Wildman–Crippen LogP) is 1.90. The normalized spacial score (nSPS) is 26.2. The molecule has 1 aliphatic carbocycles. The number of nitrogens with one attached hydrogen (secondary N) is 2. The van der Waals surface area contributed by atoms with Gasteiger partial charge < -0.3 is 15.4 Å². The predicted molar refractivity (Wildman–Crippen MR) is 62.7 cm³/mol. The van der Waals surface area contributed by atoms with Crippen LogP contribution in [0.4, 0.5) is 13.6 Å². The van der Waals surface area contributed by atoms with E-state index in [1.54, 1.807) is 0 Å². The van der Waals surface area contributed by atoms with Gasteiger partial charge in [0.2, 0.25) is 5.92 Å². The number of rotatable bonds is 3. The van der Waals surface area contributed by atoms with E-state index in [-0.39, 0.29) is 30.3 Å². The zero-order valence-corrected chi connectivity index (χ0v) is 10.6. The van der Waals surface area contributed by atoms with Crippen LogP contribution < -0.4 is 10.6 Å². The van der Waals surface area contributed by atoms with Crippen LogP contribution in [0.5, 0.6) is 0 Å². The summed E-state index contributed by atoms with van der Waals surface area (Å²) in [4.78, 5) is 11.6. The third kappa shape index (κ3) is 3.54. The van der Waals surface area contributed by atoms with Gasteiger partial charge in [-0.25, -0.2) is 13.6 Å². The Hall–Kier alpha value is -0.910. The van der Waals surface area contributed by atoms with Gasteiger partial charge in [-0.3, -0.25) is 0 Å². The van der Waals surface area contributed by atoms with Crippen molar-refractivity contribution in [3.8, 4) is 0 Å². The van der Waals surface area contributed by atoms with E-state index >= 15 is 0 Å². The number of hydrogen-bond acceptors (Lipinski definition) is 2. The Morgan fingerprint density at radius 1 is 1.33 bits per heavy atom. The maximum absolute atomic E-state index is 12.9. The van der Waals surface area contributed by atoms with Crippen molar-refractivity contribution in [1.82, 2.24) is 10.6 Å². The van der Waals surface area contributed by atoms with Gasteiger partial charge in [-0.2, -0.15) is 0 Å². The minimum absolute atomic E-state index is 0.0247. The summed E-state index contributed by atoms with van der Waals surface area (Å²) in [6, 6.07) is -0.395. The molecular weight excluding hydrogens is 242 g/mol. The van der Waals surface area contributed by atoms with Crippen LogP contribution in [-0.4, -0.2) is 37.8 Å². The van der Waals surface area contributed by atoms with Crippen molar-refractivity contribution in [2.75, 3.05) is 19.8 Å². The fourth-order valence-electron chi connectivity index (χ4n) is 2.27. The molecule has 1 heterocycles. The fraction of sp³-hybridized carbons (Fsp3) is 0.917. The molecular formula is C12H20F2N2O2. The number of urea groups is 1. The molecule has 1 aliphatic heterocycles. The molecule has 0 unspecified atom stereocenters. The summed E-state index contributed by atoms with van der Waals surface area (Å²) >= 11 is 0. The molecule has 0 bridgehead atoms. The molecule has 2 fully saturated rings. The molecule has 0 radical (unpaired) electrons. The highest BCUT2D eigenvalue weighted by Crippen LogP contribution is 2.33. The topological polar surface area (TPSA) is 50.4 Å². The standard InChI is InChI=1S/C12H20F2N2O2/c1-11(7-18-8-11)6-15-10(17)16-9-2-4-12(13,14)5-3-9/h9H,2-8H2,1H3,(H2,15,16,17). The second kappa shape index (κ2) is 4.99. The monoisotopic (exact) mass is 262 g/mol. The summed E-state index contributed by atoms with van der Waals surface area (Å²) in [6.07, 6.45) is 0.425. The first-order valence-corrected chi connectivity index (χ1v) is 6.39. The van der Waals surface area contributed by atoms with Crippen LogP contribution in [0.2, 0.25) is 0 Å². The molecule has 0 aromatic carbocycles. The Morgan fingerprint density at radius 2 is 1.94 bits per heavy atom. The Kier molecular flexibility index (Phi) is 3.75. The van der Waals surface area contributed by atoms with Crippen LogP contribution in [0.1, 0.15) is 32.6 Å². The van der Waals surface area contributed by atoms with Crippen LogP contribution in [0.15, 0.2) is 0 Å². The average Bonchev–Trinajstić information content (AvgIpc) is 2.27. The molecule has 0 spiro atoms. The molecule has 0 atom stereocenters. The van der Waals surface area contributed by atoms with Gasteiger partial charge in [0.25, 0.3) is 0 Å². The van der Waals surface area contributed by atoms with Crippen molar-refractivity contribution >= 4 is 6.03 Å². The van der Waals surface area contributed by atoms with Crippen LogP contribution in [0.3, 0.4) is 0 Å². The van der Waals surface area contributed by atoms with Gasteiger partial charge in [-0.05, 0) is 12.8 Å². The van der Waals surface area contributed by atoms with E-state index in [9.17, 15) is 13.6 Å². The number of alkyl halides is 2. The summed E-state index contributed by atoms with van der Waals surface area (Å²) in [5.74, 6) is -2.55. The molecule has 2 amide bonds. The lowest BCUT2D eigenvalue weighted by Gasteiger charge is -2.38. The first-order chi connectivity index (χ1) is 8.39. The second-order valence-electron chi connectivity index (χ2n) is 5.76. The Balaban J connectivity index is 1.65. The molecule has 2 rings (SSSR count). The molecule has 2 aliphatic rings. The molecule has 18 heavy (non-hydrogen) atoms. The smallest absolute Gasteiger partial charge is 0.315 e. The summed E-state index contributed by atoms with van der Waals surface area (Å²) in [7, 11) is 0. The lowest BCUT2D eigenvalue weighted by molar-refractivity contribution is -0.0976. The van der Waals surface area contributed by atoms with E-state index in [0.29, 0.717) is 32.6 Å². The van der Waals surface area contributed by atoms with Crippen molar-refractivity contribution in [2.45, 2.75) is 44.6 Å². The van der Waals surface area contributed by atoms with E-state index in [4.69, 9.17) is 4.74 Å². The molecule has 6 heteroatoms. The first kappa shape index (κ1) is 13.5. The van der Waals surface area contributed by atoms with E-state index in [1.807, 2.05) is 6.92 Å². The summed E-state index contributed by atoms with van der Waals surface area (Å²) in [5, 5.41) is 5.53. The van der Waals surface area contributed by atoms with Gasteiger partial charge in [0.1, 0.15) is 0 Å². The van der Waals surface area contributed by atoms with E-state index < -0.39 is 5.92 Å². The Morgan fingerprint density at radius 3 is 2.44 bits per heavy atom. The van der Waals surface area contributed by atoms with Crippen LogP contribution in [0.25, 0.3) is 0 Å². The van der Waals surface area contributed by atoms with Gasteiger partial charge in [-0.15, -0.1) is 0 Å². The number of carbonyl (C=O) groups excluding carboxylic acids is 1. The van der Waals surface area contributed by atoms with E-state index in [0.717, 1.165) is 0 Å². The minimum Gasteiger partial charge on any atom is -0.380 e. The highest BCUT2D eigenvalue weighted by molar-refractivity contribution is 5.74. The fourth-order valence-corrected chi connectivity index (χ4v) is 2.27. The zero-order chi connectivity index (χ0) is 13.2. The van der Waals surface area contributed by atoms with Gasteiger partial charge in [0, 0.05) is 30.8 Å². The summed E-state index contributed by atoms with van der Waals surface area (Å²) < 4.78 is 30.9. The van der Waals surface area contributed by atoms with Crippen molar-refractivity contribution in [2.24, 2.45) is 5.41 Å². The van der Waals surface area contributed by atoms with Crippen molar-refractivity contribution < 1.29 is 18.3 Å². The lowest BCUT2D eigenvalue weighted by atomic mass is 9.89. The molecule has 4 nitrogen and oxygen atoms in total.